The van der Waals surface area contributed by atoms with Crippen molar-refractivity contribution in [2.24, 2.45) is 15.9 Å². The van der Waals surface area contributed by atoms with E-state index in [0.29, 0.717) is 23.0 Å². The highest BCUT2D eigenvalue weighted by Gasteiger charge is 2.26. The van der Waals surface area contributed by atoms with Crippen LogP contribution >= 0.6 is 0 Å². The van der Waals surface area contributed by atoms with E-state index in [1.165, 1.54) is 18.3 Å². The fourth-order valence-corrected chi connectivity index (χ4v) is 3.43. The molecule has 1 atom stereocenters. The summed E-state index contributed by atoms with van der Waals surface area (Å²) in [7, 11) is 1.81. The van der Waals surface area contributed by atoms with Gasteiger partial charge >= 0.3 is 0 Å². The first-order chi connectivity index (χ1) is 14.1. The highest BCUT2D eigenvalue weighted by Crippen LogP contribution is 2.28. The van der Waals surface area contributed by atoms with E-state index in [1.54, 1.807) is 11.1 Å². The number of hydrogen-bond donors (Lipinski definition) is 1. The van der Waals surface area contributed by atoms with E-state index in [1.807, 2.05) is 25.2 Å². The van der Waals surface area contributed by atoms with Crippen molar-refractivity contribution in [1.29, 1.82) is 0 Å². The van der Waals surface area contributed by atoms with Crippen molar-refractivity contribution in [3.63, 3.8) is 0 Å². The van der Waals surface area contributed by atoms with Crippen molar-refractivity contribution < 1.29 is 9.18 Å². The minimum atomic E-state index is -0.590. The number of aromatic nitrogens is 2. The average Bonchev–Trinajstić information content (AvgIpc) is 3.07. The first-order valence-corrected chi connectivity index (χ1v) is 9.50. The van der Waals surface area contributed by atoms with Gasteiger partial charge in [0.1, 0.15) is 11.5 Å². The maximum absolute atomic E-state index is 12.9. The predicted molar refractivity (Wildman–Crippen MR) is 109 cm³/mol. The maximum atomic E-state index is 12.9. The molecule has 1 unspecified atom stereocenters. The van der Waals surface area contributed by atoms with Gasteiger partial charge in [-0.05, 0) is 49.6 Å². The fraction of sp³-hybridized carbons (Fsp3) is 0.286. The minimum absolute atomic E-state index is 0.0876. The zero-order valence-electron chi connectivity index (χ0n) is 16.0. The van der Waals surface area contributed by atoms with Gasteiger partial charge in [-0.15, -0.1) is 0 Å². The molecule has 8 heteroatoms. The lowest BCUT2D eigenvalue weighted by Gasteiger charge is -2.19. The van der Waals surface area contributed by atoms with E-state index in [-0.39, 0.29) is 18.4 Å². The van der Waals surface area contributed by atoms with Gasteiger partial charge in [0.15, 0.2) is 5.84 Å². The number of halogens is 1. The molecule has 0 spiro atoms. The Bertz CT molecular complexity index is 984. The Morgan fingerprint density at radius 2 is 2.14 bits per heavy atom. The van der Waals surface area contributed by atoms with Crippen LogP contribution in [-0.2, 0) is 4.79 Å². The van der Waals surface area contributed by atoms with Crippen LogP contribution in [0.4, 0.5) is 10.1 Å². The van der Waals surface area contributed by atoms with Crippen LogP contribution in [0, 0.1) is 11.9 Å². The lowest BCUT2D eigenvalue weighted by Crippen LogP contribution is -2.30. The number of amides is 1. The molecular weight excluding hydrogens is 371 g/mol. The van der Waals surface area contributed by atoms with Gasteiger partial charge in [-0.2, -0.15) is 4.39 Å². The third-order valence-electron chi connectivity index (χ3n) is 4.87. The molecule has 0 saturated heterocycles. The van der Waals surface area contributed by atoms with Gasteiger partial charge in [0.05, 0.1) is 18.4 Å². The number of fused-ring (bicyclic) bond motifs is 1. The Morgan fingerprint density at radius 3 is 2.90 bits per heavy atom. The van der Waals surface area contributed by atoms with E-state index in [2.05, 4.69) is 21.4 Å². The van der Waals surface area contributed by atoms with Gasteiger partial charge < -0.3 is 10.2 Å². The first kappa shape index (κ1) is 18.9. The molecule has 1 fully saturated rings. The maximum Gasteiger partial charge on any atom is 0.243 e. The molecule has 4 rings (SSSR count). The van der Waals surface area contributed by atoms with Crippen LogP contribution in [0.3, 0.4) is 0 Å². The van der Waals surface area contributed by atoms with Crippen molar-refractivity contribution in [1.82, 2.24) is 14.9 Å². The summed E-state index contributed by atoms with van der Waals surface area (Å²) in [6, 6.07) is 8.31. The second-order valence-corrected chi connectivity index (χ2v) is 7.05. The van der Waals surface area contributed by atoms with Crippen LogP contribution in [0.25, 0.3) is 0 Å². The summed E-state index contributed by atoms with van der Waals surface area (Å²) >= 11 is 0. The number of hydrogen-bond acceptors (Lipinski definition) is 6. The zero-order valence-corrected chi connectivity index (χ0v) is 16.0. The molecule has 0 radical (unpaired) electrons. The molecule has 1 aliphatic carbocycles. The van der Waals surface area contributed by atoms with Crippen LogP contribution in [0.15, 0.2) is 64.6 Å². The molecule has 1 saturated carbocycles. The molecule has 148 valence electrons. The third-order valence-corrected chi connectivity index (χ3v) is 4.87. The summed E-state index contributed by atoms with van der Waals surface area (Å²) < 4.78 is 12.9. The number of carbonyl (C=O) groups is 1. The molecule has 2 aliphatic rings. The Labute approximate surface area is 168 Å². The lowest BCUT2D eigenvalue weighted by molar-refractivity contribution is -0.116. The fourth-order valence-electron chi connectivity index (χ4n) is 3.43. The minimum Gasteiger partial charge on any atom is -0.351 e. The molecule has 0 bridgehead atoms. The van der Waals surface area contributed by atoms with Crippen LogP contribution in [0.1, 0.15) is 25.0 Å². The molecule has 1 aliphatic heterocycles. The number of pyridine rings is 2. The van der Waals surface area contributed by atoms with Crippen molar-refractivity contribution in [3.05, 3.63) is 66.3 Å². The van der Waals surface area contributed by atoms with Crippen LogP contribution < -0.4 is 5.32 Å². The number of likely N-dealkylation sites (N-methyl/N-ethyl adjacent to an activating group) is 1. The van der Waals surface area contributed by atoms with E-state index < -0.39 is 5.95 Å². The molecule has 1 amide bonds. The summed E-state index contributed by atoms with van der Waals surface area (Å²) in [4.78, 5) is 31.6. The van der Waals surface area contributed by atoms with Crippen molar-refractivity contribution >= 4 is 23.1 Å². The van der Waals surface area contributed by atoms with Crippen molar-refractivity contribution in [3.8, 4) is 0 Å². The van der Waals surface area contributed by atoms with Gasteiger partial charge in [0.25, 0.3) is 0 Å². The number of allylic oxidation sites excluding steroid dienone is 1. The summed E-state index contributed by atoms with van der Waals surface area (Å²) in [6.45, 7) is 0.0876. The average molecular weight is 392 g/mol. The van der Waals surface area contributed by atoms with Crippen LogP contribution in [0.2, 0.25) is 0 Å². The Morgan fingerprint density at radius 1 is 1.24 bits per heavy atom. The van der Waals surface area contributed by atoms with E-state index in [0.717, 1.165) is 25.0 Å². The summed E-state index contributed by atoms with van der Waals surface area (Å²) in [5.74, 6) is 0.636. The molecule has 3 heterocycles. The smallest absolute Gasteiger partial charge is 0.243 e. The topological polar surface area (TPSA) is 82.8 Å². The zero-order chi connectivity index (χ0) is 20.2. The van der Waals surface area contributed by atoms with Gasteiger partial charge in [0.2, 0.25) is 11.9 Å². The highest BCUT2D eigenvalue weighted by atomic mass is 19.1. The number of nitrogens with zero attached hydrogens (tertiary/aromatic N) is 5. The normalized spacial score (nSPS) is 18.1. The quantitative estimate of drug-likeness (QED) is 0.793. The molecule has 1 N–H and O–H groups in total. The number of nitrogens with one attached hydrogen (secondary N) is 1. The van der Waals surface area contributed by atoms with E-state index in [4.69, 9.17) is 9.98 Å². The Balaban J connectivity index is 1.53. The predicted octanol–water partition coefficient (Wildman–Crippen LogP) is 3.03. The van der Waals surface area contributed by atoms with E-state index >= 15 is 0 Å². The van der Waals surface area contributed by atoms with Crippen molar-refractivity contribution in [2.75, 3.05) is 18.9 Å². The van der Waals surface area contributed by atoms with Crippen molar-refractivity contribution in [2.45, 2.75) is 19.3 Å². The Kier molecular flexibility index (Phi) is 5.41. The van der Waals surface area contributed by atoms with Gasteiger partial charge in [-0.1, -0.05) is 6.07 Å². The molecule has 0 aromatic carbocycles. The second-order valence-electron chi connectivity index (χ2n) is 7.05. The number of amidine groups is 1. The Hall–Kier alpha value is -3.42. The largest absolute Gasteiger partial charge is 0.351 e. The monoisotopic (exact) mass is 392 g/mol. The van der Waals surface area contributed by atoms with Gasteiger partial charge in [-0.25, -0.2) is 15.0 Å². The summed E-state index contributed by atoms with van der Waals surface area (Å²) in [5, 5.41) is 2.72. The second kappa shape index (κ2) is 8.30. The molecule has 7 nitrogen and oxygen atoms in total. The molecule has 2 aromatic rings. The number of carbonyl (C=O) groups excluding carboxylic acids is 1. The lowest BCUT2D eigenvalue weighted by atomic mass is 10.1. The number of anilines is 1. The molecule has 29 heavy (non-hydrogen) atoms. The van der Waals surface area contributed by atoms with Gasteiger partial charge in [0, 0.05) is 24.9 Å². The first-order valence-electron chi connectivity index (χ1n) is 9.50. The van der Waals surface area contributed by atoms with Gasteiger partial charge in [-0.3, -0.25) is 9.78 Å². The van der Waals surface area contributed by atoms with Crippen LogP contribution in [0.5, 0.6) is 0 Å². The van der Waals surface area contributed by atoms with Crippen LogP contribution in [-0.4, -0.2) is 45.9 Å². The number of aliphatic imine (C=N–C) groups is 2. The number of rotatable bonds is 5. The SMILES string of the molecule is CN(CC(=O)Nc1ccc(F)nc1)C1=CC2CCCC2=NC(c2ccccn2)=N1. The molecule has 2 aromatic heterocycles. The van der Waals surface area contributed by atoms with E-state index in [9.17, 15) is 9.18 Å². The highest BCUT2D eigenvalue weighted by molar-refractivity contribution is 6.08. The standard InChI is InChI=1S/C21H21FN6O/c1-28(13-20(29)25-15-8-9-18(22)24-12-15)19-11-14-5-4-7-16(14)26-21(27-19)17-6-2-3-10-23-17/h2-3,6,8-12,14H,4-5,7,13H2,1H3,(H,25,29). The third kappa shape index (κ3) is 4.53. The summed E-state index contributed by atoms with van der Waals surface area (Å²) in [5.41, 5.74) is 2.26. The summed E-state index contributed by atoms with van der Waals surface area (Å²) in [6.07, 6.45) is 8.14. The molecular formula is C21H21FN6O.